The van der Waals surface area contributed by atoms with E-state index in [1.165, 1.54) is 30.5 Å². The molecule has 1 fully saturated rings. The summed E-state index contributed by atoms with van der Waals surface area (Å²) in [4.78, 5) is 46.9. The first-order valence-electron chi connectivity index (χ1n) is 9.88. The van der Waals surface area contributed by atoms with Gasteiger partial charge in [0.2, 0.25) is 0 Å². The van der Waals surface area contributed by atoms with Gasteiger partial charge in [0.1, 0.15) is 11.8 Å². The number of aromatic nitrogens is 2. The van der Waals surface area contributed by atoms with Crippen molar-refractivity contribution in [3.8, 4) is 0 Å². The van der Waals surface area contributed by atoms with E-state index in [0.29, 0.717) is 20.9 Å². The number of aliphatic hydroxyl groups is 1. The fraction of sp³-hybridized carbons (Fsp3) is 0.0435. The van der Waals surface area contributed by atoms with Crippen molar-refractivity contribution in [1.29, 1.82) is 0 Å². The second-order valence-electron chi connectivity index (χ2n) is 7.34. The largest absolute Gasteiger partial charge is 0.507 e. The summed E-state index contributed by atoms with van der Waals surface area (Å²) in [6.45, 7) is 0. The van der Waals surface area contributed by atoms with Gasteiger partial charge in [-0.2, -0.15) is 0 Å². The molecule has 1 atom stereocenters. The number of benzene rings is 2. The quantitative estimate of drug-likeness (QED) is 0.141. The lowest BCUT2D eigenvalue weighted by Crippen LogP contribution is -2.29. The Morgan fingerprint density at radius 1 is 1.12 bits per heavy atom. The summed E-state index contributed by atoms with van der Waals surface area (Å²) in [5.41, 5.74) is 0.771. The monoisotopic (exact) mass is 492 g/mol. The minimum absolute atomic E-state index is 0.119. The van der Waals surface area contributed by atoms with Crippen LogP contribution in [0, 0.1) is 10.1 Å². The number of fused-ring (bicyclic) bond motifs is 1. The third-order valence-corrected chi connectivity index (χ3v) is 6.54. The Bertz CT molecular complexity index is 1520. The number of ketones is 1. The van der Waals surface area contributed by atoms with Gasteiger partial charge in [0.05, 0.1) is 26.4 Å². The Morgan fingerprint density at radius 3 is 2.65 bits per heavy atom. The van der Waals surface area contributed by atoms with Crippen LogP contribution >= 0.6 is 22.9 Å². The molecule has 0 radical (unpaired) electrons. The van der Waals surface area contributed by atoms with E-state index in [4.69, 9.17) is 11.6 Å². The van der Waals surface area contributed by atoms with Crippen molar-refractivity contribution < 1.29 is 19.6 Å². The van der Waals surface area contributed by atoms with Crippen molar-refractivity contribution in [3.05, 3.63) is 98.8 Å². The number of Topliss-reactive ketones (excluding diaryl/α,β-unsaturated/α-hetero) is 1. The first-order chi connectivity index (χ1) is 16.3. The molecule has 1 N–H and O–H groups in total. The Labute approximate surface area is 200 Å². The van der Waals surface area contributed by atoms with E-state index >= 15 is 0 Å². The number of nitrogens with zero attached hydrogens (tertiary/aromatic N) is 4. The topological polar surface area (TPSA) is 127 Å². The summed E-state index contributed by atoms with van der Waals surface area (Å²) in [6.07, 6.45) is 1.51. The molecule has 2 aromatic carbocycles. The standard InChI is InChI=1S/C23H13ClN4O5S/c24-13-5-3-4-12(10-13)20(29)18-19(16-6-1-2-9-25-16)27(22(31)21(18)30)23-26-15-8-7-14(28(32)33)11-17(15)34-23/h1-11,19,29H/b20-18+. The van der Waals surface area contributed by atoms with Crippen LogP contribution in [0.1, 0.15) is 17.3 Å². The Kier molecular flexibility index (Phi) is 5.31. The maximum Gasteiger partial charge on any atom is 0.301 e. The zero-order valence-corrected chi connectivity index (χ0v) is 18.7. The lowest BCUT2D eigenvalue weighted by molar-refractivity contribution is -0.384. The van der Waals surface area contributed by atoms with Crippen LogP contribution < -0.4 is 4.90 Å². The molecule has 3 heterocycles. The van der Waals surface area contributed by atoms with Crippen LogP contribution in [0.2, 0.25) is 5.02 Å². The smallest absolute Gasteiger partial charge is 0.301 e. The number of hydrogen-bond donors (Lipinski definition) is 1. The van der Waals surface area contributed by atoms with Crippen molar-refractivity contribution in [3.63, 3.8) is 0 Å². The second kappa shape index (κ2) is 8.32. The molecule has 5 rings (SSSR count). The minimum Gasteiger partial charge on any atom is -0.507 e. The van der Waals surface area contributed by atoms with E-state index in [-0.39, 0.29) is 22.0 Å². The highest BCUT2D eigenvalue weighted by molar-refractivity contribution is 7.22. The zero-order chi connectivity index (χ0) is 24.0. The number of thiazole rings is 1. The van der Waals surface area contributed by atoms with Gasteiger partial charge in [-0.1, -0.05) is 41.1 Å². The van der Waals surface area contributed by atoms with Crippen LogP contribution in [-0.2, 0) is 9.59 Å². The van der Waals surface area contributed by atoms with Gasteiger partial charge in [0, 0.05) is 28.9 Å². The second-order valence-corrected chi connectivity index (χ2v) is 8.79. The van der Waals surface area contributed by atoms with Crippen LogP contribution in [0.25, 0.3) is 16.0 Å². The number of nitro benzene ring substituents is 1. The van der Waals surface area contributed by atoms with E-state index in [1.807, 2.05) is 0 Å². The third-order valence-electron chi connectivity index (χ3n) is 5.29. The number of non-ortho nitro benzene ring substituents is 1. The average molecular weight is 493 g/mol. The molecule has 1 aliphatic rings. The van der Waals surface area contributed by atoms with Gasteiger partial charge in [-0.3, -0.25) is 29.6 Å². The molecule has 4 aromatic rings. The van der Waals surface area contributed by atoms with E-state index in [1.54, 1.807) is 36.4 Å². The number of amides is 1. The van der Waals surface area contributed by atoms with Crippen molar-refractivity contribution in [2.24, 2.45) is 0 Å². The summed E-state index contributed by atoms with van der Waals surface area (Å²) in [5.74, 6) is -2.19. The van der Waals surface area contributed by atoms with Gasteiger partial charge in [0.25, 0.3) is 11.5 Å². The number of carbonyl (C=O) groups excluding carboxylic acids is 2. The van der Waals surface area contributed by atoms with Gasteiger partial charge in [0.15, 0.2) is 5.13 Å². The first kappa shape index (κ1) is 21.7. The number of hydrogen-bond acceptors (Lipinski definition) is 8. The van der Waals surface area contributed by atoms with Crippen LogP contribution in [0.5, 0.6) is 0 Å². The fourth-order valence-corrected chi connectivity index (χ4v) is 4.97. The number of halogens is 1. The van der Waals surface area contributed by atoms with Crippen LogP contribution in [0.15, 0.2) is 72.4 Å². The van der Waals surface area contributed by atoms with Crippen molar-refractivity contribution in [2.75, 3.05) is 4.90 Å². The highest BCUT2D eigenvalue weighted by Crippen LogP contribution is 2.44. The molecule has 1 amide bonds. The van der Waals surface area contributed by atoms with Gasteiger partial charge in [-0.25, -0.2) is 4.98 Å². The van der Waals surface area contributed by atoms with E-state index < -0.39 is 28.4 Å². The molecule has 0 saturated carbocycles. The summed E-state index contributed by atoms with van der Waals surface area (Å²) in [7, 11) is 0. The van der Waals surface area contributed by atoms with Gasteiger partial charge < -0.3 is 5.11 Å². The molecule has 1 unspecified atom stereocenters. The average Bonchev–Trinajstić information content (AvgIpc) is 3.37. The molecule has 1 saturated heterocycles. The van der Waals surface area contributed by atoms with Gasteiger partial charge >= 0.3 is 5.91 Å². The predicted octanol–water partition coefficient (Wildman–Crippen LogP) is 4.88. The number of anilines is 1. The molecule has 168 valence electrons. The molecule has 0 spiro atoms. The highest BCUT2D eigenvalue weighted by Gasteiger charge is 2.48. The fourth-order valence-electron chi connectivity index (χ4n) is 3.76. The van der Waals surface area contributed by atoms with Crippen LogP contribution in [-0.4, -0.2) is 31.7 Å². The van der Waals surface area contributed by atoms with Crippen molar-refractivity contribution >= 4 is 61.4 Å². The molecular formula is C23H13ClN4O5S. The third kappa shape index (κ3) is 3.58. The molecular weight excluding hydrogens is 480 g/mol. The number of nitro groups is 1. The lowest BCUT2D eigenvalue weighted by Gasteiger charge is -2.21. The number of pyridine rings is 1. The highest BCUT2D eigenvalue weighted by atomic mass is 35.5. The predicted molar refractivity (Wildman–Crippen MR) is 127 cm³/mol. The summed E-state index contributed by atoms with van der Waals surface area (Å²) >= 11 is 7.08. The van der Waals surface area contributed by atoms with E-state index in [0.717, 1.165) is 16.2 Å². The first-order valence-corrected chi connectivity index (χ1v) is 11.1. The van der Waals surface area contributed by atoms with Crippen LogP contribution in [0.4, 0.5) is 10.8 Å². The van der Waals surface area contributed by atoms with Crippen molar-refractivity contribution in [1.82, 2.24) is 9.97 Å². The Morgan fingerprint density at radius 2 is 1.94 bits per heavy atom. The summed E-state index contributed by atoms with van der Waals surface area (Å²) in [5, 5.41) is 22.7. The number of aliphatic hydroxyl groups excluding tert-OH is 1. The molecule has 0 aliphatic carbocycles. The minimum atomic E-state index is -1.06. The molecule has 0 bridgehead atoms. The maximum atomic E-state index is 13.2. The Hall–Kier alpha value is -4.15. The molecule has 2 aromatic heterocycles. The Balaban J connectivity index is 1.71. The maximum absolute atomic E-state index is 13.2. The molecule has 34 heavy (non-hydrogen) atoms. The van der Waals surface area contributed by atoms with E-state index in [2.05, 4.69) is 9.97 Å². The lowest BCUT2D eigenvalue weighted by atomic mass is 9.98. The normalized spacial score (nSPS) is 17.4. The zero-order valence-electron chi connectivity index (χ0n) is 17.1. The molecule has 9 nitrogen and oxygen atoms in total. The van der Waals surface area contributed by atoms with Crippen molar-refractivity contribution in [2.45, 2.75) is 6.04 Å². The van der Waals surface area contributed by atoms with Gasteiger partial charge in [-0.05, 0) is 30.3 Å². The number of carbonyl (C=O) groups is 2. The molecule has 11 heteroatoms. The number of rotatable bonds is 4. The molecule has 1 aliphatic heterocycles. The van der Waals surface area contributed by atoms with E-state index in [9.17, 15) is 24.8 Å². The summed E-state index contributed by atoms with van der Waals surface area (Å²) in [6, 6.07) is 14.4. The SMILES string of the molecule is O=C1C(=O)N(c2nc3ccc([N+](=O)[O-])cc3s2)C(c2ccccn2)/C1=C(\O)c1cccc(Cl)c1. The van der Waals surface area contributed by atoms with Crippen LogP contribution in [0.3, 0.4) is 0 Å². The van der Waals surface area contributed by atoms with Gasteiger partial charge in [-0.15, -0.1) is 0 Å². The summed E-state index contributed by atoms with van der Waals surface area (Å²) < 4.78 is 0.473.